The third-order valence-corrected chi connectivity index (χ3v) is 5.64. The van der Waals surface area contributed by atoms with Crippen LogP contribution in [0.2, 0.25) is 0 Å². The fourth-order valence-corrected chi connectivity index (χ4v) is 4.28. The molecule has 0 atom stereocenters. The fraction of sp³-hybridized carbons (Fsp3) is 0.318. The van der Waals surface area contributed by atoms with Gasteiger partial charge in [0, 0.05) is 36.3 Å². The molecule has 0 saturated carbocycles. The summed E-state index contributed by atoms with van der Waals surface area (Å²) in [6.07, 6.45) is 3.69. The first-order valence-corrected chi connectivity index (χ1v) is 10.4. The predicted octanol–water partition coefficient (Wildman–Crippen LogP) is 3.62. The second-order valence-corrected chi connectivity index (χ2v) is 8.29. The smallest absolute Gasteiger partial charge is 0.341 e. The largest absolute Gasteiger partial charge is 0.465 e. The molecule has 1 N–H and O–H groups in total. The van der Waals surface area contributed by atoms with Crippen LogP contribution in [0.15, 0.2) is 36.0 Å². The molecule has 0 unspecified atom stereocenters. The van der Waals surface area contributed by atoms with E-state index in [1.165, 1.54) is 18.4 Å². The van der Waals surface area contributed by atoms with Crippen LogP contribution in [0.1, 0.15) is 27.0 Å². The number of hydrogen-bond acceptors (Lipinski definition) is 6. The number of rotatable bonds is 7. The number of methoxy groups -OCH3 is 1. The van der Waals surface area contributed by atoms with Gasteiger partial charge in [0.2, 0.25) is 5.91 Å². The highest BCUT2D eigenvalue weighted by atomic mass is 32.1. The number of likely N-dealkylation sites (N-methyl/N-ethyl adjacent to an activating group) is 1. The molecule has 158 valence electrons. The maximum Gasteiger partial charge on any atom is 0.341 e. The quantitative estimate of drug-likeness (QED) is 0.584. The molecule has 0 saturated heterocycles. The lowest BCUT2D eigenvalue weighted by molar-refractivity contribution is -0.117. The minimum atomic E-state index is -0.467. The number of anilines is 1. The van der Waals surface area contributed by atoms with Gasteiger partial charge < -0.3 is 10.1 Å². The van der Waals surface area contributed by atoms with E-state index in [0.29, 0.717) is 17.1 Å². The van der Waals surface area contributed by atoms with Gasteiger partial charge in [-0.2, -0.15) is 5.10 Å². The number of hydrogen-bond donors (Lipinski definition) is 1. The fourth-order valence-electron chi connectivity index (χ4n) is 3.31. The normalized spacial score (nSPS) is 11.0. The summed E-state index contributed by atoms with van der Waals surface area (Å²) in [4.78, 5) is 27.1. The van der Waals surface area contributed by atoms with Crippen molar-refractivity contribution in [1.29, 1.82) is 0 Å². The lowest BCUT2D eigenvalue weighted by Crippen LogP contribution is -2.30. The Kier molecular flexibility index (Phi) is 6.69. The highest BCUT2D eigenvalue weighted by Crippen LogP contribution is 2.38. The molecule has 1 aromatic carbocycles. The average molecular weight is 427 g/mol. The molecule has 0 spiro atoms. The molecule has 0 radical (unpaired) electrons. The molecule has 3 aromatic rings. The van der Waals surface area contributed by atoms with Crippen LogP contribution in [0.5, 0.6) is 0 Å². The standard InChI is InChI=1S/C22H26N4O3S/c1-14-6-7-15(2)17(8-14)18-13-30-21(20(18)22(28)29-5)24-19(27)12-25(3)10-16-9-23-26(4)11-16/h6-9,11,13H,10,12H2,1-5H3,(H,24,27). The number of thiophene rings is 1. The summed E-state index contributed by atoms with van der Waals surface area (Å²) in [5, 5.41) is 9.42. The van der Waals surface area contributed by atoms with Gasteiger partial charge in [0.25, 0.3) is 0 Å². The maximum absolute atomic E-state index is 12.6. The number of aromatic nitrogens is 2. The Balaban J connectivity index is 1.80. The summed E-state index contributed by atoms with van der Waals surface area (Å²) in [6.45, 7) is 4.79. The monoisotopic (exact) mass is 426 g/mol. The van der Waals surface area contributed by atoms with Gasteiger partial charge in [-0.3, -0.25) is 14.4 Å². The molecule has 2 heterocycles. The number of aryl methyl sites for hydroxylation is 3. The first-order valence-electron chi connectivity index (χ1n) is 9.51. The molecule has 0 aliphatic rings. The summed E-state index contributed by atoms with van der Waals surface area (Å²) in [5.74, 6) is -0.660. The summed E-state index contributed by atoms with van der Waals surface area (Å²) in [7, 11) is 5.07. The summed E-state index contributed by atoms with van der Waals surface area (Å²) in [6, 6.07) is 6.09. The van der Waals surface area contributed by atoms with Gasteiger partial charge in [0.15, 0.2) is 0 Å². The molecule has 0 fully saturated rings. The van der Waals surface area contributed by atoms with E-state index in [0.717, 1.165) is 27.8 Å². The Labute approximate surface area is 180 Å². The first-order chi connectivity index (χ1) is 14.3. The van der Waals surface area contributed by atoms with E-state index < -0.39 is 5.97 Å². The van der Waals surface area contributed by atoms with Crippen molar-refractivity contribution in [3.05, 3.63) is 58.2 Å². The van der Waals surface area contributed by atoms with Crippen molar-refractivity contribution >= 4 is 28.2 Å². The molecule has 0 aliphatic heterocycles. The third kappa shape index (κ3) is 4.95. The molecular formula is C22H26N4O3S. The van der Waals surface area contributed by atoms with Crippen molar-refractivity contribution in [1.82, 2.24) is 14.7 Å². The van der Waals surface area contributed by atoms with Gasteiger partial charge in [-0.15, -0.1) is 11.3 Å². The molecule has 0 aliphatic carbocycles. The third-order valence-electron chi connectivity index (χ3n) is 4.74. The van der Waals surface area contributed by atoms with Gasteiger partial charge in [0.05, 0.1) is 19.9 Å². The van der Waals surface area contributed by atoms with Crippen molar-refractivity contribution < 1.29 is 14.3 Å². The van der Waals surface area contributed by atoms with Gasteiger partial charge in [-0.1, -0.05) is 23.8 Å². The zero-order valence-electron chi connectivity index (χ0n) is 17.9. The van der Waals surface area contributed by atoms with Crippen molar-refractivity contribution in [2.45, 2.75) is 20.4 Å². The van der Waals surface area contributed by atoms with E-state index in [2.05, 4.69) is 10.4 Å². The Morgan fingerprint density at radius 1 is 1.27 bits per heavy atom. The number of ether oxygens (including phenoxy) is 1. The topological polar surface area (TPSA) is 76.5 Å². The van der Waals surface area contributed by atoms with Crippen LogP contribution in [-0.2, 0) is 23.1 Å². The van der Waals surface area contributed by atoms with Crippen LogP contribution in [-0.4, -0.2) is 47.3 Å². The molecule has 1 amide bonds. The van der Waals surface area contributed by atoms with Gasteiger partial charge in [0.1, 0.15) is 10.6 Å². The summed E-state index contributed by atoms with van der Waals surface area (Å²) in [5.41, 5.74) is 5.29. The Hall–Kier alpha value is -2.97. The number of nitrogens with one attached hydrogen (secondary N) is 1. The van der Waals surface area contributed by atoms with Crippen LogP contribution in [0.25, 0.3) is 11.1 Å². The number of nitrogens with zero attached hydrogens (tertiary/aromatic N) is 3. The SMILES string of the molecule is COC(=O)c1c(-c2cc(C)ccc2C)csc1NC(=O)CN(C)Cc1cnn(C)c1. The van der Waals surface area contributed by atoms with Crippen LogP contribution in [0.4, 0.5) is 5.00 Å². The minimum Gasteiger partial charge on any atom is -0.465 e. The lowest BCUT2D eigenvalue weighted by Gasteiger charge is -2.15. The Morgan fingerprint density at radius 2 is 2.03 bits per heavy atom. The maximum atomic E-state index is 12.6. The van der Waals surface area contributed by atoms with Crippen LogP contribution >= 0.6 is 11.3 Å². The van der Waals surface area contributed by atoms with E-state index >= 15 is 0 Å². The van der Waals surface area contributed by atoms with E-state index in [9.17, 15) is 9.59 Å². The minimum absolute atomic E-state index is 0.187. The number of amides is 1. The van der Waals surface area contributed by atoms with Crippen LogP contribution < -0.4 is 5.32 Å². The number of esters is 1. The zero-order valence-corrected chi connectivity index (χ0v) is 18.7. The van der Waals surface area contributed by atoms with Crippen molar-refractivity contribution in [3.8, 4) is 11.1 Å². The molecule has 2 aromatic heterocycles. The summed E-state index contributed by atoms with van der Waals surface area (Å²) < 4.78 is 6.74. The zero-order chi connectivity index (χ0) is 21.8. The Bertz CT molecular complexity index is 1070. The van der Waals surface area contributed by atoms with Crippen molar-refractivity contribution in [3.63, 3.8) is 0 Å². The van der Waals surface area contributed by atoms with E-state index in [1.807, 2.05) is 62.6 Å². The van der Waals surface area contributed by atoms with Gasteiger partial charge in [-0.05, 0) is 32.0 Å². The van der Waals surface area contributed by atoms with Crippen molar-refractivity contribution in [2.75, 3.05) is 26.0 Å². The molecule has 3 rings (SSSR count). The lowest BCUT2D eigenvalue weighted by atomic mass is 9.97. The number of carbonyl (C=O) groups is 2. The molecule has 30 heavy (non-hydrogen) atoms. The first kappa shape index (κ1) is 21.7. The van der Waals surface area contributed by atoms with Gasteiger partial charge in [-0.25, -0.2) is 4.79 Å². The number of benzene rings is 1. The molecule has 8 heteroatoms. The highest BCUT2D eigenvalue weighted by molar-refractivity contribution is 7.15. The average Bonchev–Trinajstić information content (AvgIpc) is 3.28. The van der Waals surface area contributed by atoms with Crippen LogP contribution in [0, 0.1) is 13.8 Å². The number of carbonyl (C=O) groups excluding carboxylic acids is 2. The second kappa shape index (κ2) is 9.23. The van der Waals surface area contributed by atoms with E-state index in [-0.39, 0.29) is 12.5 Å². The Morgan fingerprint density at radius 3 is 2.70 bits per heavy atom. The van der Waals surface area contributed by atoms with E-state index in [4.69, 9.17) is 4.74 Å². The van der Waals surface area contributed by atoms with Gasteiger partial charge >= 0.3 is 5.97 Å². The molecule has 7 nitrogen and oxygen atoms in total. The highest BCUT2D eigenvalue weighted by Gasteiger charge is 2.23. The second-order valence-electron chi connectivity index (χ2n) is 7.41. The van der Waals surface area contributed by atoms with Crippen molar-refractivity contribution in [2.24, 2.45) is 7.05 Å². The predicted molar refractivity (Wildman–Crippen MR) is 119 cm³/mol. The van der Waals surface area contributed by atoms with Crippen LogP contribution in [0.3, 0.4) is 0 Å². The molecular weight excluding hydrogens is 400 g/mol. The summed E-state index contributed by atoms with van der Waals surface area (Å²) >= 11 is 1.33. The van der Waals surface area contributed by atoms with E-state index in [1.54, 1.807) is 10.9 Å². The molecule has 0 bridgehead atoms.